The topological polar surface area (TPSA) is 12.4 Å². The lowest BCUT2D eigenvalue weighted by Crippen LogP contribution is -2.21. The minimum atomic E-state index is -2.90. The highest BCUT2D eigenvalue weighted by molar-refractivity contribution is 5.92. The quantitative estimate of drug-likeness (QED) is 0.691. The van der Waals surface area contributed by atoms with Crippen molar-refractivity contribution in [1.82, 2.24) is 0 Å². The van der Waals surface area contributed by atoms with Crippen LogP contribution in [0.3, 0.4) is 0 Å². The number of hydrogen-bond acceptors (Lipinski definition) is 1. The molecule has 0 amide bonds. The first-order valence-corrected chi connectivity index (χ1v) is 5.56. The first-order valence-electron chi connectivity index (χ1n) is 5.56. The van der Waals surface area contributed by atoms with E-state index >= 15 is 0 Å². The molecular weight excluding hydrogens is 220 g/mol. The molecule has 0 radical (unpaired) electrons. The van der Waals surface area contributed by atoms with Crippen LogP contribution in [0.5, 0.6) is 0 Å². The van der Waals surface area contributed by atoms with Gasteiger partial charge in [-0.2, -0.15) is 0 Å². The van der Waals surface area contributed by atoms with Gasteiger partial charge in [0.2, 0.25) is 0 Å². The summed E-state index contributed by atoms with van der Waals surface area (Å²) >= 11 is 0. The van der Waals surface area contributed by atoms with Crippen LogP contribution < -0.4 is 0 Å². The largest absolute Gasteiger partial charge is 0.282 e. The maximum Gasteiger partial charge on any atom is 0.282 e. The molecule has 0 N–H and O–H groups in total. The molecule has 0 atom stereocenters. The summed E-state index contributed by atoms with van der Waals surface area (Å²) < 4.78 is 25.9. The SMILES string of the molecule is C=C(N=C(C)C(C)(F)F)c1ccc(CC)cc1. The number of benzene rings is 1. The van der Waals surface area contributed by atoms with Gasteiger partial charge in [0, 0.05) is 6.92 Å². The number of alkyl halides is 2. The first kappa shape index (κ1) is 13.6. The average molecular weight is 237 g/mol. The Morgan fingerprint density at radius 3 is 2.24 bits per heavy atom. The molecule has 92 valence electrons. The normalized spacial score (nSPS) is 12.6. The van der Waals surface area contributed by atoms with E-state index in [0.717, 1.165) is 18.9 Å². The fourth-order valence-corrected chi connectivity index (χ4v) is 1.30. The molecule has 3 heteroatoms. The van der Waals surface area contributed by atoms with Gasteiger partial charge in [-0.3, -0.25) is 4.99 Å². The van der Waals surface area contributed by atoms with E-state index in [0.29, 0.717) is 5.70 Å². The van der Waals surface area contributed by atoms with Gasteiger partial charge >= 0.3 is 0 Å². The van der Waals surface area contributed by atoms with Crippen molar-refractivity contribution in [3.63, 3.8) is 0 Å². The summed E-state index contributed by atoms with van der Waals surface area (Å²) in [5, 5.41) is 0. The van der Waals surface area contributed by atoms with E-state index in [9.17, 15) is 8.78 Å². The Balaban J connectivity index is 2.90. The third-order valence-electron chi connectivity index (χ3n) is 2.63. The Morgan fingerprint density at radius 1 is 1.29 bits per heavy atom. The molecule has 0 spiro atoms. The summed E-state index contributed by atoms with van der Waals surface area (Å²) in [7, 11) is 0. The van der Waals surface area contributed by atoms with E-state index in [1.165, 1.54) is 12.5 Å². The van der Waals surface area contributed by atoms with Gasteiger partial charge < -0.3 is 0 Å². The zero-order valence-electron chi connectivity index (χ0n) is 10.4. The molecule has 0 aliphatic heterocycles. The van der Waals surface area contributed by atoms with Gasteiger partial charge in [-0.25, -0.2) is 8.78 Å². The maximum absolute atomic E-state index is 12.9. The van der Waals surface area contributed by atoms with Crippen LogP contribution in [0.4, 0.5) is 8.78 Å². The van der Waals surface area contributed by atoms with Gasteiger partial charge in [0.15, 0.2) is 0 Å². The van der Waals surface area contributed by atoms with Crippen LogP contribution in [0, 0.1) is 0 Å². The second-order valence-electron chi connectivity index (χ2n) is 4.08. The van der Waals surface area contributed by atoms with Crippen LogP contribution in [-0.4, -0.2) is 11.6 Å². The van der Waals surface area contributed by atoms with Crippen LogP contribution in [0.15, 0.2) is 35.8 Å². The standard InChI is InChI=1S/C14H17F2N/c1-5-12-6-8-13(9-7-12)10(2)17-11(3)14(4,15)16/h6-9H,2,5H2,1,3-4H3. The number of halogens is 2. The zero-order chi connectivity index (χ0) is 13.1. The monoisotopic (exact) mass is 237 g/mol. The molecule has 1 aromatic rings. The molecule has 17 heavy (non-hydrogen) atoms. The predicted octanol–water partition coefficient (Wildman–Crippen LogP) is 4.34. The number of hydrogen-bond donors (Lipinski definition) is 0. The van der Waals surface area contributed by atoms with Crippen molar-refractivity contribution in [2.75, 3.05) is 0 Å². The van der Waals surface area contributed by atoms with E-state index in [1.807, 2.05) is 24.3 Å². The minimum absolute atomic E-state index is 0.220. The number of aryl methyl sites for hydroxylation is 1. The van der Waals surface area contributed by atoms with Gasteiger partial charge in [-0.05, 0) is 24.5 Å². The van der Waals surface area contributed by atoms with Gasteiger partial charge in [0.05, 0.1) is 11.4 Å². The van der Waals surface area contributed by atoms with Crippen LogP contribution in [-0.2, 0) is 6.42 Å². The molecule has 0 saturated carbocycles. The summed E-state index contributed by atoms with van der Waals surface area (Å²) in [4.78, 5) is 3.85. The summed E-state index contributed by atoms with van der Waals surface area (Å²) in [5.41, 5.74) is 2.11. The minimum Gasteiger partial charge on any atom is -0.252 e. The third kappa shape index (κ3) is 3.77. The van der Waals surface area contributed by atoms with E-state index in [4.69, 9.17) is 0 Å². The fraction of sp³-hybridized carbons (Fsp3) is 0.357. The van der Waals surface area contributed by atoms with Crippen LogP contribution in [0.1, 0.15) is 31.9 Å². The molecule has 0 saturated heterocycles. The lowest BCUT2D eigenvalue weighted by molar-refractivity contribution is 0.0999. The van der Waals surface area contributed by atoms with E-state index in [1.54, 1.807) is 0 Å². The Labute approximate surface area is 101 Å². The Kier molecular flexibility index (Phi) is 4.16. The Bertz CT molecular complexity index is 425. The summed E-state index contributed by atoms with van der Waals surface area (Å²) in [5.74, 6) is -2.90. The number of nitrogens with zero attached hydrogens (tertiary/aromatic N) is 1. The smallest absolute Gasteiger partial charge is 0.252 e. The number of aliphatic imine (C=N–C) groups is 1. The fourth-order valence-electron chi connectivity index (χ4n) is 1.30. The van der Waals surface area contributed by atoms with Crippen molar-refractivity contribution in [3.8, 4) is 0 Å². The van der Waals surface area contributed by atoms with Gasteiger partial charge in [-0.15, -0.1) is 0 Å². The molecule has 1 rings (SSSR count). The lowest BCUT2D eigenvalue weighted by atomic mass is 10.1. The van der Waals surface area contributed by atoms with Crippen molar-refractivity contribution in [1.29, 1.82) is 0 Å². The van der Waals surface area contributed by atoms with Gasteiger partial charge in [-0.1, -0.05) is 37.8 Å². The van der Waals surface area contributed by atoms with Crippen molar-refractivity contribution in [3.05, 3.63) is 42.0 Å². The molecule has 0 fully saturated rings. The molecule has 1 aromatic carbocycles. The van der Waals surface area contributed by atoms with Crippen molar-refractivity contribution >= 4 is 11.4 Å². The second-order valence-corrected chi connectivity index (χ2v) is 4.08. The van der Waals surface area contributed by atoms with Crippen molar-refractivity contribution in [2.24, 2.45) is 4.99 Å². The van der Waals surface area contributed by atoms with Crippen molar-refractivity contribution in [2.45, 2.75) is 33.1 Å². The highest BCUT2D eigenvalue weighted by atomic mass is 19.3. The Morgan fingerprint density at radius 2 is 1.82 bits per heavy atom. The number of rotatable bonds is 4. The highest BCUT2D eigenvalue weighted by Gasteiger charge is 2.25. The summed E-state index contributed by atoms with van der Waals surface area (Å²) in [6.45, 7) is 7.92. The molecule has 0 aromatic heterocycles. The highest BCUT2D eigenvalue weighted by Crippen LogP contribution is 2.20. The summed E-state index contributed by atoms with van der Waals surface area (Å²) in [6.07, 6.45) is 0.947. The zero-order valence-corrected chi connectivity index (χ0v) is 10.4. The molecule has 0 bridgehead atoms. The molecule has 0 unspecified atom stereocenters. The Hall–Kier alpha value is -1.51. The average Bonchev–Trinajstić information content (AvgIpc) is 2.27. The van der Waals surface area contributed by atoms with Crippen molar-refractivity contribution < 1.29 is 8.78 Å². The molecule has 0 aliphatic rings. The van der Waals surface area contributed by atoms with Gasteiger partial charge in [0.25, 0.3) is 5.92 Å². The van der Waals surface area contributed by atoms with E-state index < -0.39 is 5.92 Å². The maximum atomic E-state index is 12.9. The molecule has 0 aliphatic carbocycles. The second kappa shape index (κ2) is 5.21. The van der Waals surface area contributed by atoms with Gasteiger partial charge in [0.1, 0.15) is 0 Å². The lowest BCUT2D eigenvalue weighted by Gasteiger charge is -2.10. The van der Waals surface area contributed by atoms with Crippen LogP contribution in [0.2, 0.25) is 0 Å². The molecule has 1 nitrogen and oxygen atoms in total. The first-order chi connectivity index (χ1) is 7.84. The van der Waals surface area contributed by atoms with E-state index in [2.05, 4.69) is 18.5 Å². The van der Waals surface area contributed by atoms with Crippen LogP contribution >= 0.6 is 0 Å². The van der Waals surface area contributed by atoms with E-state index in [-0.39, 0.29) is 5.71 Å². The third-order valence-corrected chi connectivity index (χ3v) is 2.63. The predicted molar refractivity (Wildman–Crippen MR) is 68.6 cm³/mol. The molecular formula is C14H17F2N. The summed E-state index contributed by atoms with van der Waals surface area (Å²) in [6, 6.07) is 7.61. The molecule has 0 heterocycles. The van der Waals surface area contributed by atoms with Crippen LogP contribution in [0.25, 0.3) is 5.70 Å².